The number of hydrogen-bond donors (Lipinski definition) is 0. The van der Waals surface area contributed by atoms with Crippen LogP contribution in [0, 0.1) is 0 Å². The van der Waals surface area contributed by atoms with Gasteiger partial charge in [0, 0.05) is 18.0 Å². The lowest BCUT2D eigenvalue weighted by Crippen LogP contribution is -2.33. The molecule has 1 aliphatic heterocycles. The van der Waals surface area contributed by atoms with Crippen LogP contribution >= 0.6 is 0 Å². The molecule has 1 aromatic heterocycles. The van der Waals surface area contributed by atoms with E-state index in [2.05, 4.69) is 11.8 Å². The highest BCUT2D eigenvalue weighted by atomic mass is 32.2. The maximum Gasteiger partial charge on any atom is 0.151 e. The summed E-state index contributed by atoms with van der Waals surface area (Å²) in [4.78, 5) is 2.18. The van der Waals surface area contributed by atoms with E-state index in [1.165, 1.54) is 0 Å². The molecule has 1 fully saturated rings. The van der Waals surface area contributed by atoms with E-state index in [-0.39, 0.29) is 17.5 Å². The highest BCUT2D eigenvalue weighted by Gasteiger charge is 2.25. The van der Waals surface area contributed by atoms with Crippen molar-refractivity contribution in [2.24, 2.45) is 0 Å². The van der Waals surface area contributed by atoms with Gasteiger partial charge in [-0.2, -0.15) is 0 Å². The van der Waals surface area contributed by atoms with Crippen molar-refractivity contribution in [1.29, 1.82) is 0 Å². The van der Waals surface area contributed by atoms with Gasteiger partial charge in [-0.25, -0.2) is 8.42 Å². The second kappa shape index (κ2) is 5.93. The van der Waals surface area contributed by atoms with Gasteiger partial charge in [0.15, 0.2) is 9.84 Å². The molecule has 0 radical (unpaired) electrons. The predicted molar refractivity (Wildman–Crippen MR) is 85.9 cm³/mol. The number of methoxy groups -OCH3 is 1. The van der Waals surface area contributed by atoms with Crippen molar-refractivity contribution in [3.8, 4) is 5.75 Å². The molecule has 0 aliphatic carbocycles. The molecule has 0 saturated carbocycles. The number of sulfone groups is 1. The second-order valence-corrected chi connectivity index (χ2v) is 8.18. The Balaban J connectivity index is 1.80. The average molecular weight is 323 g/mol. The van der Waals surface area contributed by atoms with E-state index in [1.807, 2.05) is 24.3 Å². The maximum absolute atomic E-state index is 11.8. The zero-order chi connectivity index (χ0) is 15.7. The molecule has 3 rings (SSSR count). The number of ether oxygens (including phenoxy) is 1. The number of rotatable bonds is 3. The number of hydrogen-bond acceptors (Lipinski definition) is 5. The van der Waals surface area contributed by atoms with Crippen molar-refractivity contribution < 1.29 is 17.6 Å². The Morgan fingerprint density at radius 1 is 1.32 bits per heavy atom. The Labute approximate surface area is 130 Å². The Morgan fingerprint density at radius 2 is 2.14 bits per heavy atom. The Bertz CT molecular complexity index is 766. The summed E-state index contributed by atoms with van der Waals surface area (Å²) in [5, 5.41) is 1.00. The predicted octanol–water partition coefficient (Wildman–Crippen LogP) is 2.45. The summed E-state index contributed by atoms with van der Waals surface area (Å²) in [6.45, 7) is 3.27. The molecule has 1 saturated heterocycles. The summed E-state index contributed by atoms with van der Waals surface area (Å²) in [5.74, 6) is 2.16. The first kappa shape index (κ1) is 15.4. The van der Waals surface area contributed by atoms with E-state index in [4.69, 9.17) is 9.15 Å². The fourth-order valence-corrected chi connectivity index (χ4v) is 4.24. The van der Waals surface area contributed by atoms with Crippen molar-refractivity contribution in [2.75, 3.05) is 25.2 Å². The minimum atomic E-state index is -2.90. The van der Waals surface area contributed by atoms with Gasteiger partial charge in [-0.05, 0) is 37.6 Å². The summed E-state index contributed by atoms with van der Waals surface area (Å²) in [5.41, 5.74) is 0.825. The van der Waals surface area contributed by atoms with E-state index in [0.717, 1.165) is 22.5 Å². The zero-order valence-electron chi connectivity index (χ0n) is 12.9. The van der Waals surface area contributed by atoms with Crippen LogP contribution < -0.4 is 4.74 Å². The smallest absolute Gasteiger partial charge is 0.151 e. The van der Waals surface area contributed by atoms with Crippen molar-refractivity contribution in [3.05, 3.63) is 30.0 Å². The highest BCUT2D eigenvalue weighted by Crippen LogP contribution is 2.26. The Morgan fingerprint density at radius 3 is 2.91 bits per heavy atom. The monoisotopic (exact) mass is 323 g/mol. The lowest BCUT2D eigenvalue weighted by molar-refractivity contribution is 0.198. The van der Waals surface area contributed by atoms with Crippen LogP contribution in [-0.2, 0) is 16.4 Å². The lowest BCUT2D eigenvalue weighted by Gasteiger charge is -2.24. The third-order valence-corrected chi connectivity index (χ3v) is 5.96. The number of nitrogens with zero attached hydrogens (tertiary/aromatic N) is 1. The van der Waals surface area contributed by atoms with Crippen LogP contribution in [0.3, 0.4) is 0 Å². The van der Waals surface area contributed by atoms with Gasteiger partial charge in [-0.15, -0.1) is 0 Å². The Hall–Kier alpha value is -1.53. The fraction of sp³-hybridized carbons (Fsp3) is 0.500. The first-order chi connectivity index (χ1) is 10.5. The normalized spacial score (nSPS) is 22.5. The van der Waals surface area contributed by atoms with Crippen LogP contribution in [-0.4, -0.2) is 44.5 Å². The molecule has 0 bridgehead atoms. The van der Waals surface area contributed by atoms with Gasteiger partial charge in [-0.1, -0.05) is 0 Å². The molecule has 2 heterocycles. The van der Waals surface area contributed by atoms with Crippen molar-refractivity contribution in [2.45, 2.75) is 25.9 Å². The SMILES string of the molecule is COc1ccc2oc(CN3CCS(=O)(=O)CC[C@@H]3C)cc2c1. The molecular weight excluding hydrogens is 302 g/mol. The lowest BCUT2D eigenvalue weighted by atomic mass is 10.2. The van der Waals surface area contributed by atoms with Crippen LogP contribution in [0.2, 0.25) is 0 Å². The van der Waals surface area contributed by atoms with E-state index < -0.39 is 9.84 Å². The van der Waals surface area contributed by atoms with E-state index >= 15 is 0 Å². The summed E-state index contributed by atoms with van der Waals surface area (Å²) in [7, 11) is -1.26. The van der Waals surface area contributed by atoms with Gasteiger partial charge >= 0.3 is 0 Å². The average Bonchev–Trinajstić information content (AvgIpc) is 2.84. The van der Waals surface area contributed by atoms with Crippen LogP contribution in [0.25, 0.3) is 11.0 Å². The van der Waals surface area contributed by atoms with Crippen molar-refractivity contribution in [3.63, 3.8) is 0 Å². The summed E-state index contributed by atoms with van der Waals surface area (Å²) >= 11 is 0. The van der Waals surface area contributed by atoms with Crippen LogP contribution in [0.4, 0.5) is 0 Å². The van der Waals surface area contributed by atoms with E-state index in [1.54, 1.807) is 7.11 Å². The summed E-state index contributed by atoms with van der Waals surface area (Å²) < 4.78 is 34.6. The minimum absolute atomic E-state index is 0.228. The standard InChI is InChI=1S/C16H21NO4S/c1-12-5-7-22(18,19)8-6-17(12)11-15-10-13-9-14(20-2)3-4-16(13)21-15/h3-4,9-10,12H,5-8,11H2,1-2H3/t12-/m0/s1. The van der Waals surface area contributed by atoms with Crippen molar-refractivity contribution >= 4 is 20.8 Å². The first-order valence-electron chi connectivity index (χ1n) is 7.48. The largest absolute Gasteiger partial charge is 0.497 e. The number of fused-ring (bicyclic) bond motifs is 1. The Kier molecular flexibility index (Phi) is 4.14. The molecule has 5 nitrogen and oxygen atoms in total. The van der Waals surface area contributed by atoms with Gasteiger partial charge in [0.2, 0.25) is 0 Å². The molecule has 1 aliphatic rings. The van der Waals surface area contributed by atoms with Gasteiger partial charge in [0.25, 0.3) is 0 Å². The van der Waals surface area contributed by atoms with Gasteiger partial charge in [-0.3, -0.25) is 4.90 Å². The minimum Gasteiger partial charge on any atom is -0.497 e. The molecule has 1 aromatic carbocycles. The van der Waals surface area contributed by atoms with Gasteiger partial charge < -0.3 is 9.15 Å². The molecule has 0 spiro atoms. The fourth-order valence-electron chi connectivity index (χ4n) is 2.83. The van der Waals surface area contributed by atoms with Gasteiger partial charge in [0.1, 0.15) is 17.1 Å². The highest BCUT2D eigenvalue weighted by molar-refractivity contribution is 7.91. The molecule has 0 amide bonds. The van der Waals surface area contributed by atoms with E-state index in [9.17, 15) is 8.42 Å². The number of furan rings is 1. The summed E-state index contributed by atoms with van der Waals surface area (Å²) in [6, 6.07) is 7.95. The van der Waals surface area contributed by atoms with Crippen LogP contribution in [0.1, 0.15) is 19.1 Å². The molecule has 0 unspecified atom stereocenters. The second-order valence-electron chi connectivity index (χ2n) is 5.88. The molecule has 22 heavy (non-hydrogen) atoms. The van der Waals surface area contributed by atoms with Crippen LogP contribution in [0.15, 0.2) is 28.7 Å². The van der Waals surface area contributed by atoms with Crippen molar-refractivity contribution in [1.82, 2.24) is 4.90 Å². The third kappa shape index (κ3) is 3.28. The molecular formula is C16H21NO4S. The topological polar surface area (TPSA) is 59.8 Å². The molecule has 120 valence electrons. The third-order valence-electron chi connectivity index (χ3n) is 4.29. The summed E-state index contributed by atoms with van der Waals surface area (Å²) in [6.07, 6.45) is 0.677. The molecule has 0 N–H and O–H groups in total. The quantitative estimate of drug-likeness (QED) is 0.868. The molecule has 2 aromatic rings. The first-order valence-corrected chi connectivity index (χ1v) is 9.30. The van der Waals surface area contributed by atoms with E-state index in [0.29, 0.717) is 19.5 Å². The van der Waals surface area contributed by atoms with Gasteiger partial charge in [0.05, 0.1) is 25.2 Å². The molecule has 1 atom stereocenters. The molecule has 6 heteroatoms. The van der Waals surface area contributed by atoms with Crippen LogP contribution in [0.5, 0.6) is 5.75 Å². The zero-order valence-corrected chi connectivity index (χ0v) is 13.7. The maximum atomic E-state index is 11.8. The number of benzene rings is 1.